The van der Waals surface area contributed by atoms with Crippen molar-refractivity contribution in [1.29, 1.82) is 5.26 Å². The fourth-order valence-corrected chi connectivity index (χ4v) is 6.37. The first-order chi connectivity index (χ1) is 15.4. The van der Waals surface area contributed by atoms with Crippen LogP contribution in [-0.2, 0) is 16.4 Å². The molecular formula is C22H16N4O4S2. The van der Waals surface area contributed by atoms with Gasteiger partial charge in [0, 0.05) is 11.9 Å². The maximum Gasteiger partial charge on any atom is 0.333 e. The number of nitrogens with one attached hydrogen (secondary N) is 1. The van der Waals surface area contributed by atoms with E-state index in [1.54, 1.807) is 12.1 Å². The highest BCUT2D eigenvalue weighted by Gasteiger charge is 2.29. The van der Waals surface area contributed by atoms with Crippen LogP contribution in [0.5, 0.6) is 0 Å². The van der Waals surface area contributed by atoms with E-state index in [1.807, 2.05) is 18.2 Å². The van der Waals surface area contributed by atoms with E-state index in [9.17, 15) is 23.3 Å². The quantitative estimate of drug-likeness (QED) is 0.500. The van der Waals surface area contributed by atoms with Crippen molar-refractivity contribution in [3.8, 4) is 11.8 Å². The molecule has 10 heteroatoms. The molecule has 3 heterocycles. The summed E-state index contributed by atoms with van der Waals surface area (Å²) in [5.41, 5.74) is 0.615. The maximum absolute atomic E-state index is 13.5. The molecule has 2 aromatic carbocycles. The highest BCUT2D eigenvalue weighted by Crippen LogP contribution is 2.32. The zero-order valence-electron chi connectivity index (χ0n) is 16.6. The Bertz CT molecular complexity index is 1640. The van der Waals surface area contributed by atoms with Crippen molar-refractivity contribution in [2.24, 2.45) is 0 Å². The molecule has 1 aliphatic heterocycles. The van der Waals surface area contributed by atoms with E-state index in [0.717, 1.165) is 27.9 Å². The lowest BCUT2D eigenvalue weighted by molar-refractivity contribution is 0.586. The minimum absolute atomic E-state index is 0.0241. The molecule has 0 spiro atoms. The molecule has 8 nitrogen and oxygen atoms in total. The Balaban J connectivity index is 1.67. The molecular weight excluding hydrogens is 448 g/mol. The van der Waals surface area contributed by atoms with Crippen LogP contribution in [-0.4, -0.2) is 24.5 Å². The first kappa shape index (κ1) is 20.2. The predicted molar refractivity (Wildman–Crippen MR) is 122 cm³/mol. The average Bonchev–Trinajstić information content (AvgIpc) is 3.22. The second kappa shape index (κ2) is 7.47. The highest BCUT2D eigenvalue weighted by molar-refractivity contribution is 7.92. The van der Waals surface area contributed by atoms with Crippen LogP contribution in [0.2, 0.25) is 0 Å². The number of H-pyrrole nitrogens is 1. The monoisotopic (exact) mass is 464 g/mol. The van der Waals surface area contributed by atoms with Crippen LogP contribution in [0.25, 0.3) is 16.6 Å². The molecule has 2 aromatic heterocycles. The van der Waals surface area contributed by atoms with E-state index >= 15 is 0 Å². The number of nitriles is 1. The van der Waals surface area contributed by atoms with Crippen molar-refractivity contribution < 1.29 is 8.42 Å². The van der Waals surface area contributed by atoms with E-state index < -0.39 is 21.3 Å². The number of thiophene rings is 1. The van der Waals surface area contributed by atoms with E-state index in [-0.39, 0.29) is 26.4 Å². The Morgan fingerprint density at radius 1 is 1.09 bits per heavy atom. The number of sulfonamides is 1. The third-order valence-electron chi connectivity index (χ3n) is 5.49. The molecule has 1 N–H and O–H groups in total. The number of rotatable bonds is 3. The van der Waals surface area contributed by atoms with Gasteiger partial charge in [-0.2, -0.15) is 5.26 Å². The lowest BCUT2D eigenvalue weighted by atomic mass is 10.0. The third kappa shape index (κ3) is 3.05. The number of aryl methyl sites for hydroxylation is 1. The lowest BCUT2D eigenvalue weighted by Gasteiger charge is -2.30. The molecule has 0 saturated carbocycles. The van der Waals surface area contributed by atoms with Crippen molar-refractivity contribution in [2.45, 2.75) is 17.7 Å². The predicted octanol–water partition coefficient (Wildman–Crippen LogP) is 2.75. The summed E-state index contributed by atoms with van der Waals surface area (Å²) >= 11 is 1.06. The van der Waals surface area contributed by atoms with Crippen molar-refractivity contribution in [3.63, 3.8) is 0 Å². The average molecular weight is 465 g/mol. The molecule has 5 rings (SSSR count). The third-order valence-corrected chi connectivity index (χ3v) is 8.18. The van der Waals surface area contributed by atoms with Gasteiger partial charge in [0.15, 0.2) is 0 Å². The summed E-state index contributed by atoms with van der Waals surface area (Å²) in [6.07, 6.45) is 1.50. The highest BCUT2D eigenvalue weighted by atomic mass is 32.2. The van der Waals surface area contributed by atoms with Gasteiger partial charge in [-0.25, -0.2) is 17.8 Å². The fraction of sp³-hybridized carbons (Fsp3) is 0.136. The van der Waals surface area contributed by atoms with Crippen molar-refractivity contribution in [2.75, 3.05) is 10.8 Å². The number of anilines is 1. The molecule has 32 heavy (non-hydrogen) atoms. The van der Waals surface area contributed by atoms with Crippen LogP contribution < -0.4 is 15.6 Å². The number of para-hydroxylation sites is 1. The number of fused-ring (bicyclic) bond motifs is 2. The molecule has 4 aromatic rings. The zero-order chi connectivity index (χ0) is 22.5. The van der Waals surface area contributed by atoms with Crippen LogP contribution in [0.15, 0.2) is 68.4 Å². The molecule has 1 aliphatic rings. The van der Waals surface area contributed by atoms with Gasteiger partial charge in [0.1, 0.15) is 10.9 Å². The molecule has 0 saturated heterocycles. The minimum atomic E-state index is -3.92. The van der Waals surface area contributed by atoms with Crippen molar-refractivity contribution in [3.05, 3.63) is 85.2 Å². The summed E-state index contributed by atoms with van der Waals surface area (Å²) in [6, 6.07) is 15.1. The van der Waals surface area contributed by atoms with Gasteiger partial charge in [-0.3, -0.25) is 9.10 Å². The SMILES string of the molecule is N#Cc1scc2[nH]c(=O)n(-c3cccc(S(=O)(=O)N4CCCc5ccccc54)c3)c(=O)c12. The summed E-state index contributed by atoms with van der Waals surface area (Å²) in [7, 11) is -3.92. The number of hydrogen-bond acceptors (Lipinski definition) is 6. The topological polar surface area (TPSA) is 116 Å². The molecule has 0 aliphatic carbocycles. The van der Waals surface area contributed by atoms with Gasteiger partial charge < -0.3 is 4.98 Å². The largest absolute Gasteiger partial charge is 0.333 e. The van der Waals surface area contributed by atoms with E-state index in [4.69, 9.17) is 0 Å². The smallest absolute Gasteiger partial charge is 0.306 e. The van der Waals surface area contributed by atoms with Crippen LogP contribution in [0, 0.1) is 11.3 Å². The minimum Gasteiger partial charge on any atom is -0.306 e. The zero-order valence-corrected chi connectivity index (χ0v) is 18.2. The standard InChI is InChI=1S/C22H16N4O4S2/c23-12-19-20-17(13-31-19)24-22(28)26(21(20)27)15-7-3-8-16(11-15)32(29,30)25-10-4-6-14-5-1-2-9-18(14)25/h1-3,5,7-9,11,13H,4,6,10H2,(H,24,28). The summed E-state index contributed by atoms with van der Waals surface area (Å²) in [6.45, 7) is 0.344. The molecule has 160 valence electrons. The van der Waals surface area contributed by atoms with Crippen molar-refractivity contribution >= 4 is 38.0 Å². The first-order valence-corrected chi connectivity index (χ1v) is 12.1. The molecule has 0 unspecified atom stereocenters. The maximum atomic E-state index is 13.5. The normalized spacial score (nSPS) is 13.7. The number of hydrogen-bond donors (Lipinski definition) is 1. The Hall–Kier alpha value is -3.68. The van der Waals surface area contributed by atoms with Crippen LogP contribution in [0.1, 0.15) is 16.9 Å². The summed E-state index contributed by atoms with van der Waals surface area (Å²) in [4.78, 5) is 28.5. The van der Waals surface area contributed by atoms with Crippen LogP contribution in [0.4, 0.5) is 5.69 Å². The van der Waals surface area contributed by atoms with E-state index in [2.05, 4.69) is 4.98 Å². The number of aromatic nitrogens is 2. The Labute approximate surface area is 186 Å². The van der Waals surface area contributed by atoms with Crippen LogP contribution >= 0.6 is 11.3 Å². The van der Waals surface area contributed by atoms with E-state index in [1.165, 1.54) is 34.0 Å². The van der Waals surface area contributed by atoms with Gasteiger partial charge in [-0.15, -0.1) is 11.3 Å². The molecule has 0 amide bonds. The second-order valence-corrected chi connectivity index (χ2v) is 10.1. The van der Waals surface area contributed by atoms with Crippen molar-refractivity contribution in [1.82, 2.24) is 9.55 Å². The van der Waals surface area contributed by atoms with Gasteiger partial charge in [-0.05, 0) is 42.7 Å². The first-order valence-electron chi connectivity index (χ1n) is 9.79. The number of benzene rings is 2. The summed E-state index contributed by atoms with van der Waals surface area (Å²) in [5, 5.41) is 10.9. The van der Waals surface area contributed by atoms with Gasteiger partial charge in [-0.1, -0.05) is 24.3 Å². The fourth-order valence-electron chi connectivity index (χ4n) is 4.01. The number of aromatic amines is 1. The van der Waals surface area contributed by atoms with Gasteiger partial charge >= 0.3 is 5.69 Å². The Kier molecular flexibility index (Phi) is 4.73. The molecule has 0 radical (unpaired) electrons. The number of nitrogens with zero attached hydrogens (tertiary/aromatic N) is 3. The summed E-state index contributed by atoms with van der Waals surface area (Å²) < 4.78 is 29.2. The van der Waals surface area contributed by atoms with Gasteiger partial charge in [0.05, 0.1) is 27.2 Å². The Morgan fingerprint density at radius 2 is 1.91 bits per heavy atom. The van der Waals surface area contributed by atoms with Gasteiger partial charge in [0.25, 0.3) is 15.6 Å². The summed E-state index contributed by atoms with van der Waals surface area (Å²) in [5.74, 6) is 0. The lowest BCUT2D eigenvalue weighted by Crippen LogP contribution is -2.36. The molecule has 0 atom stereocenters. The van der Waals surface area contributed by atoms with Gasteiger partial charge in [0.2, 0.25) is 0 Å². The van der Waals surface area contributed by atoms with Crippen LogP contribution in [0.3, 0.4) is 0 Å². The molecule has 0 bridgehead atoms. The molecule has 0 fully saturated rings. The second-order valence-electron chi connectivity index (χ2n) is 7.34. The Morgan fingerprint density at radius 3 is 2.72 bits per heavy atom. The van der Waals surface area contributed by atoms with E-state index in [0.29, 0.717) is 18.7 Å².